The van der Waals surface area contributed by atoms with Crippen LogP contribution in [0, 0.1) is 23.0 Å². The highest BCUT2D eigenvalue weighted by molar-refractivity contribution is 9.10. The summed E-state index contributed by atoms with van der Waals surface area (Å²) in [5.74, 6) is -0.305. The van der Waals surface area contributed by atoms with Crippen LogP contribution in [0.4, 0.5) is 17.5 Å². The van der Waals surface area contributed by atoms with Crippen LogP contribution < -0.4 is 22.1 Å². The number of primary amides is 2. The monoisotopic (exact) mass is 562 g/mol. The summed E-state index contributed by atoms with van der Waals surface area (Å²) >= 11 is 3.51. The molecule has 1 heterocycles. The summed E-state index contributed by atoms with van der Waals surface area (Å²) in [5.41, 5.74) is 12.6. The maximum Gasteiger partial charge on any atom is 0.329 e. The van der Waals surface area contributed by atoms with Gasteiger partial charge in [-0.15, -0.1) is 0 Å². The summed E-state index contributed by atoms with van der Waals surface area (Å²) in [7, 11) is 0. The Labute approximate surface area is 217 Å². The Kier molecular flexibility index (Phi) is 9.53. The van der Waals surface area contributed by atoms with Crippen LogP contribution in [-0.4, -0.2) is 57.3 Å². The fourth-order valence-corrected chi connectivity index (χ4v) is 4.82. The number of nitro groups is 1. The van der Waals surface area contributed by atoms with E-state index in [2.05, 4.69) is 36.5 Å². The summed E-state index contributed by atoms with van der Waals surface area (Å²) in [4.78, 5) is 44.0. The molecule has 1 fully saturated rings. The lowest BCUT2D eigenvalue weighted by Gasteiger charge is -2.35. The van der Waals surface area contributed by atoms with Crippen LogP contribution in [0.1, 0.15) is 36.8 Å². The highest BCUT2D eigenvalue weighted by Gasteiger charge is 2.28. The summed E-state index contributed by atoms with van der Waals surface area (Å²) in [6.45, 7) is 2.94. The molecule has 0 spiro atoms. The molecule has 2 aromatic rings. The molecule has 194 valence electrons. The molecule has 2 amide bonds. The van der Waals surface area contributed by atoms with Gasteiger partial charge in [0.15, 0.2) is 0 Å². The molecule has 1 aliphatic rings. The lowest BCUT2D eigenvalue weighted by atomic mass is 9.85. The Morgan fingerprint density at radius 1 is 1.17 bits per heavy atom. The number of nitrogens with two attached hydrogens (primary N) is 2. The minimum atomic E-state index is -0.507. The van der Waals surface area contributed by atoms with Crippen LogP contribution in [0.3, 0.4) is 0 Å². The third kappa shape index (κ3) is 7.59. The van der Waals surface area contributed by atoms with Crippen LogP contribution in [0.5, 0.6) is 0 Å². The molecule has 6 N–H and O–H groups in total. The molecule has 1 aromatic carbocycles. The first kappa shape index (κ1) is 27.3. The van der Waals surface area contributed by atoms with Crippen LogP contribution in [-0.2, 0) is 16.1 Å². The second-order valence-electron chi connectivity index (χ2n) is 8.96. The molecule has 36 heavy (non-hydrogen) atoms. The number of halogens is 1. The first-order chi connectivity index (χ1) is 17.1. The lowest BCUT2D eigenvalue weighted by molar-refractivity contribution is -0.384. The zero-order valence-electron chi connectivity index (χ0n) is 20.1. The van der Waals surface area contributed by atoms with Gasteiger partial charge in [-0.25, -0.2) is 4.98 Å². The minimum Gasteiger partial charge on any atom is -0.369 e. The Balaban J connectivity index is 1.60. The SMILES string of the molecule is Cc1c(Br)cccc1CNc1ncc([N+](=O)[O-])c(NCC2CCC(N(CC(N)=O)CC(N)=O)CC2)n1. The topological polar surface area (TPSA) is 182 Å². The summed E-state index contributed by atoms with van der Waals surface area (Å²) in [6, 6.07) is 5.92. The summed E-state index contributed by atoms with van der Waals surface area (Å²) in [6.07, 6.45) is 4.36. The van der Waals surface area contributed by atoms with Gasteiger partial charge in [-0.05, 0) is 55.7 Å². The number of aromatic nitrogens is 2. The number of hydrogen-bond acceptors (Lipinski definition) is 9. The van der Waals surface area contributed by atoms with Crippen LogP contribution in [0.25, 0.3) is 0 Å². The van der Waals surface area contributed by atoms with Gasteiger partial charge in [-0.2, -0.15) is 4.98 Å². The third-order valence-electron chi connectivity index (χ3n) is 6.39. The Bertz CT molecular complexity index is 1090. The predicted octanol–water partition coefficient (Wildman–Crippen LogP) is 2.31. The van der Waals surface area contributed by atoms with Crippen molar-refractivity contribution in [3.8, 4) is 0 Å². The van der Waals surface area contributed by atoms with E-state index in [1.165, 1.54) is 6.20 Å². The molecular formula is C23H31BrN8O4. The smallest absolute Gasteiger partial charge is 0.329 e. The van der Waals surface area contributed by atoms with Gasteiger partial charge in [0.05, 0.1) is 18.0 Å². The largest absolute Gasteiger partial charge is 0.369 e. The standard InChI is InChI=1S/C23H31BrN8O4/c1-14-16(3-2-4-18(14)24)10-28-23-29-11-19(32(35)36)22(30-23)27-9-15-5-7-17(8-6-15)31(12-20(25)33)13-21(26)34/h2-4,11,15,17H,5-10,12-13H2,1H3,(H2,25,33)(H2,26,34)(H2,27,28,29,30). The quantitative estimate of drug-likeness (QED) is 0.222. The molecule has 1 aromatic heterocycles. The number of nitrogens with zero attached hydrogens (tertiary/aromatic N) is 4. The number of amides is 2. The maximum atomic E-state index is 11.5. The van der Waals surface area contributed by atoms with E-state index >= 15 is 0 Å². The predicted molar refractivity (Wildman–Crippen MR) is 139 cm³/mol. The van der Waals surface area contributed by atoms with E-state index in [4.69, 9.17) is 11.5 Å². The van der Waals surface area contributed by atoms with Gasteiger partial charge in [0, 0.05) is 23.6 Å². The molecular weight excluding hydrogens is 532 g/mol. The van der Waals surface area contributed by atoms with E-state index in [-0.39, 0.29) is 36.6 Å². The fourth-order valence-electron chi connectivity index (χ4n) is 4.41. The van der Waals surface area contributed by atoms with Gasteiger partial charge in [-0.3, -0.25) is 24.6 Å². The number of anilines is 2. The van der Waals surface area contributed by atoms with Crippen molar-refractivity contribution in [3.05, 3.63) is 50.1 Å². The number of carbonyl (C=O) groups is 2. The number of nitrogens with one attached hydrogen (secondary N) is 2. The molecule has 0 bridgehead atoms. The third-order valence-corrected chi connectivity index (χ3v) is 7.25. The van der Waals surface area contributed by atoms with Crippen molar-refractivity contribution in [1.82, 2.24) is 14.9 Å². The van der Waals surface area contributed by atoms with E-state index in [1.54, 1.807) is 4.90 Å². The highest BCUT2D eigenvalue weighted by Crippen LogP contribution is 2.29. The van der Waals surface area contributed by atoms with E-state index in [0.717, 1.165) is 41.3 Å². The van der Waals surface area contributed by atoms with E-state index < -0.39 is 16.7 Å². The van der Waals surface area contributed by atoms with Crippen molar-refractivity contribution in [1.29, 1.82) is 0 Å². The van der Waals surface area contributed by atoms with E-state index in [9.17, 15) is 19.7 Å². The Morgan fingerprint density at radius 3 is 2.44 bits per heavy atom. The minimum absolute atomic E-state index is 0.0150. The maximum absolute atomic E-state index is 11.5. The van der Waals surface area contributed by atoms with Gasteiger partial charge >= 0.3 is 5.69 Å². The second kappa shape index (κ2) is 12.6. The van der Waals surface area contributed by atoms with Crippen molar-refractivity contribution >= 4 is 45.2 Å². The zero-order valence-corrected chi connectivity index (χ0v) is 21.7. The highest BCUT2D eigenvalue weighted by atomic mass is 79.9. The molecule has 3 rings (SSSR count). The van der Waals surface area contributed by atoms with Crippen LogP contribution >= 0.6 is 15.9 Å². The molecule has 1 aliphatic carbocycles. The van der Waals surface area contributed by atoms with Crippen molar-refractivity contribution in [2.75, 3.05) is 30.3 Å². The number of hydrogen-bond donors (Lipinski definition) is 4. The van der Waals surface area contributed by atoms with Gasteiger partial charge < -0.3 is 22.1 Å². The molecule has 0 atom stereocenters. The zero-order chi connectivity index (χ0) is 26.2. The van der Waals surface area contributed by atoms with Gasteiger partial charge in [0.1, 0.15) is 6.20 Å². The Morgan fingerprint density at radius 2 is 1.83 bits per heavy atom. The first-order valence-corrected chi connectivity index (χ1v) is 12.5. The molecule has 0 unspecified atom stereocenters. The van der Waals surface area contributed by atoms with Crippen molar-refractivity contribution in [3.63, 3.8) is 0 Å². The van der Waals surface area contributed by atoms with E-state index in [1.807, 2.05) is 25.1 Å². The number of rotatable bonds is 12. The molecule has 0 aliphatic heterocycles. The molecule has 1 saturated carbocycles. The average Bonchev–Trinajstić information content (AvgIpc) is 2.83. The average molecular weight is 563 g/mol. The molecule has 0 saturated heterocycles. The van der Waals surface area contributed by atoms with E-state index in [0.29, 0.717) is 19.0 Å². The molecule has 0 radical (unpaired) electrons. The summed E-state index contributed by atoms with van der Waals surface area (Å²) < 4.78 is 0.996. The summed E-state index contributed by atoms with van der Waals surface area (Å²) in [5, 5.41) is 17.8. The molecule has 12 nitrogen and oxygen atoms in total. The van der Waals surface area contributed by atoms with Crippen LogP contribution in [0.15, 0.2) is 28.9 Å². The fraction of sp³-hybridized carbons (Fsp3) is 0.478. The first-order valence-electron chi connectivity index (χ1n) is 11.7. The molecule has 13 heteroatoms. The van der Waals surface area contributed by atoms with Gasteiger partial charge in [0.2, 0.25) is 23.6 Å². The Hall–Kier alpha value is -3.32. The van der Waals surface area contributed by atoms with Crippen molar-refractivity contribution in [2.24, 2.45) is 17.4 Å². The second-order valence-corrected chi connectivity index (χ2v) is 9.81. The number of carbonyl (C=O) groups excluding carboxylic acids is 2. The van der Waals surface area contributed by atoms with Crippen molar-refractivity contribution in [2.45, 2.75) is 45.2 Å². The number of benzene rings is 1. The van der Waals surface area contributed by atoms with Crippen LogP contribution in [0.2, 0.25) is 0 Å². The van der Waals surface area contributed by atoms with Gasteiger partial charge in [0.25, 0.3) is 0 Å². The normalized spacial score (nSPS) is 17.5. The van der Waals surface area contributed by atoms with Gasteiger partial charge in [-0.1, -0.05) is 28.1 Å². The lowest BCUT2D eigenvalue weighted by Crippen LogP contribution is -2.47. The van der Waals surface area contributed by atoms with Crippen molar-refractivity contribution < 1.29 is 14.5 Å².